The molecule has 4 aromatic carbocycles. The number of ether oxygens (including phenoxy) is 6. The number of amides is 3. The summed E-state index contributed by atoms with van der Waals surface area (Å²) in [5.74, 6) is -0.564. The van der Waals surface area contributed by atoms with Gasteiger partial charge in [0.15, 0.2) is 16.8 Å². The number of hydrogen-bond acceptors (Lipinski definition) is 16. The number of nitrogens with zero attached hydrogens (tertiary/aromatic N) is 1. The molecule has 20 nitrogen and oxygen atoms in total. The highest BCUT2D eigenvalue weighted by Gasteiger charge is 2.27. The van der Waals surface area contributed by atoms with Gasteiger partial charge in [0.2, 0.25) is 17.6 Å². The van der Waals surface area contributed by atoms with Crippen molar-refractivity contribution in [2.75, 3.05) is 104 Å². The Morgan fingerprint density at radius 2 is 1.36 bits per heavy atom. The number of rotatable bonds is 35. The van der Waals surface area contributed by atoms with Crippen LogP contribution in [-0.2, 0) is 56.1 Å². The van der Waals surface area contributed by atoms with Crippen molar-refractivity contribution in [3.8, 4) is 22.8 Å². The molecule has 1 aromatic heterocycles. The number of fused-ring (bicyclic) bond motifs is 3. The third-order valence-corrected chi connectivity index (χ3v) is 12.9. The zero-order valence-electron chi connectivity index (χ0n) is 43.6. The lowest BCUT2D eigenvalue weighted by Gasteiger charge is -2.30. The van der Waals surface area contributed by atoms with Gasteiger partial charge in [-0.3, -0.25) is 19.2 Å². The van der Waals surface area contributed by atoms with E-state index >= 15 is 0 Å². The maximum Gasteiger partial charge on any atom is 0.321 e. The van der Waals surface area contributed by atoms with E-state index in [1.54, 1.807) is 29.2 Å². The molecular formula is C56H70N5O15PS. The van der Waals surface area contributed by atoms with Gasteiger partial charge in [-0.15, -0.1) is 0 Å². The predicted octanol–water partition coefficient (Wildman–Crippen LogP) is 6.15. The summed E-state index contributed by atoms with van der Waals surface area (Å²) in [5.41, 5.74) is 12.0. The molecule has 22 heteroatoms. The quantitative estimate of drug-likeness (QED) is 0.0136. The number of carbonyl (C=O) groups is 3. The number of para-hydroxylation sites is 1. The van der Waals surface area contributed by atoms with Gasteiger partial charge in [0.1, 0.15) is 12.4 Å². The van der Waals surface area contributed by atoms with Crippen LogP contribution in [-0.4, -0.2) is 132 Å². The van der Waals surface area contributed by atoms with Crippen molar-refractivity contribution >= 4 is 64.3 Å². The number of nitrogens with two attached hydrogens (primary N) is 1. The maximum atomic E-state index is 13.9. The third-order valence-electron chi connectivity index (χ3n) is 12.1. The second-order valence-electron chi connectivity index (χ2n) is 17.7. The molecule has 0 aliphatic carbocycles. The number of anilines is 1. The van der Waals surface area contributed by atoms with E-state index in [1.165, 1.54) is 24.3 Å². The van der Waals surface area contributed by atoms with Crippen LogP contribution in [0, 0.1) is 0 Å². The van der Waals surface area contributed by atoms with E-state index in [-0.39, 0.29) is 90.5 Å². The highest BCUT2D eigenvalue weighted by Crippen LogP contribution is 2.38. The van der Waals surface area contributed by atoms with E-state index < -0.39 is 6.72 Å². The molecule has 420 valence electrons. The lowest BCUT2D eigenvalue weighted by atomic mass is 9.96. The maximum absolute atomic E-state index is 13.9. The van der Waals surface area contributed by atoms with E-state index in [1.807, 2.05) is 48.5 Å². The van der Waals surface area contributed by atoms with E-state index in [2.05, 4.69) is 34.3 Å². The molecule has 0 saturated carbocycles. The van der Waals surface area contributed by atoms with Crippen LogP contribution in [0.25, 0.3) is 33.7 Å². The average molecular weight is 1120 g/mol. The Morgan fingerprint density at radius 1 is 0.731 bits per heavy atom. The minimum absolute atomic E-state index is 0.0161. The van der Waals surface area contributed by atoms with E-state index in [4.69, 9.17) is 52.9 Å². The summed E-state index contributed by atoms with van der Waals surface area (Å²) in [7, 11) is 0. The second-order valence-corrected chi connectivity index (χ2v) is 20.4. The molecule has 3 amide bonds. The standard InChI is InChI=1S/C56H70N5O15PS/c1-2-26-74-55-47(62)20-19-45-48(63)38-49(76-54(45)55)40-15-17-41(18-16-40)56(66)60-25-29-70-31-33-72-35-37-73-36-34-71-32-30-69-28-24-59-53-44-13-7-8-14-46(44)61(39-42-11-5-6-12-43(42)52(53)57)51(65)22-21-50(64)58-23-9-3-4-10-27-75-77(67,68)78/h2,5-8,11-20,38,59,62H,1,3-4,9-10,21-37,39,57H2,(H,58,64)(H,60,66)(H2,67,68,78)/b53-52-. The van der Waals surface area contributed by atoms with Gasteiger partial charge >= 0.3 is 6.72 Å². The van der Waals surface area contributed by atoms with Gasteiger partial charge < -0.3 is 78.8 Å². The van der Waals surface area contributed by atoms with Crippen molar-refractivity contribution in [1.82, 2.24) is 16.0 Å². The summed E-state index contributed by atoms with van der Waals surface area (Å²) < 4.78 is 44.6. The molecular weight excluding hydrogens is 1050 g/mol. The summed E-state index contributed by atoms with van der Waals surface area (Å²) in [6, 6.07) is 26.0. The van der Waals surface area contributed by atoms with E-state index in [9.17, 15) is 24.3 Å². The van der Waals surface area contributed by atoms with Crippen molar-refractivity contribution in [3.63, 3.8) is 0 Å². The number of nitrogens with one attached hydrogen (secondary N) is 3. The van der Waals surface area contributed by atoms with Crippen LogP contribution in [0.5, 0.6) is 11.5 Å². The lowest BCUT2D eigenvalue weighted by molar-refractivity contribution is -0.125. The number of phenols is 1. The minimum Gasteiger partial charge on any atom is -0.504 e. The molecule has 0 saturated heterocycles. The van der Waals surface area contributed by atoms with Crippen LogP contribution in [0.4, 0.5) is 5.69 Å². The molecule has 6 rings (SSSR count). The van der Waals surface area contributed by atoms with E-state index in [0.29, 0.717) is 114 Å². The molecule has 5 aromatic rings. The zero-order valence-corrected chi connectivity index (χ0v) is 45.3. The molecule has 0 spiro atoms. The fourth-order valence-corrected chi connectivity index (χ4v) is 8.78. The molecule has 78 heavy (non-hydrogen) atoms. The zero-order chi connectivity index (χ0) is 55.5. The Morgan fingerprint density at radius 3 is 2.04 bits per heavy atom. The summed E-state index contributed by atoms with van der Waals surface area (Å²) in [6.07, 6.45) is 4.54. The highest BCUT2D eigenvalue weighted by molar-refractivity contribution is 8.06. The predicted molar refractivity (Wildman–Crippen MR) is 300 cm³/mol. The number of phenolic OH excluding ortho intramolecular Hbond substituents is 1. The Kier molecular flexibility index (Phi) is 25.2. The molecule has 0 fully saturated rings. The van der Waals surface area contributed by atoms with Crippen molar-refractivity contribution in [1.29, 1.82) is 0 Å². The van der Waals surface area contributed by atoms with Crippen LogP contribution in [0.3, 0.4) is 0 Å². The topological polar surface area (TPSA) is 272 Å². The van der Waals surface area contributed by atoms with Crippen LogP contribution in [0.15, 0.2) is 113 Å². The SMILES string of the molecule is C=CCOc1c(O)ccc2c(=O)cc(-c3ccc(C(=O)NCCOCCOCCOCCOCCOCCN/C4=C(\N)c5ccccc5CN(C(=O)CCC(=O)NCCCCCCOP(O)(O)=S)c5ccccc54)cc3)oc12. The normalized spacial score (nSPS) is 13.3. The molecule has 0 atom stereocenters. The molecule has 2 heterocycles. The number of carbonyl (C=O) groups excluding carboxylic acids is 3. The lowest BCUT2D eigenvalue weighted by Crippen LogP contribution is -2.35. The first-order valence-electron chi connectivity index (χ1n) is 25.8. The Balaban J connectivity index is 0.798. The summed E-state index contributed by atoms with van der Waals surface area (Å²) in [4.78, 5) is 72.2. The smallest absolute Gasteiger partial charge is 0.321 e. The van der Waals surface area contributed by atoms with Crippen LogP contribution in [0.2, 0.25) is 0 Å². The van der Waals surface area contributed by atoms with Gasteiger partial charge in [0.05, 0.1) is 102 Å². The van der Waals surface area contributed by atoms with Gasteiger partial charge in [-0.1, -0.05) is 80.1 Å². The molecule has 1 aliphatic heterocycles. The molecule has 0 radical (unpaired) electrons. The number of benzene rings is 4. The number of unbranched alkanes of at least 4 members (excludes halogenated alkanes) is 3. The molecule has 1 aliphatic rings. The number of aromatic hydroxyl groups is 1. The fraction of sp³-hybridized carbons (Fsp3) is 0.393. The molecule has 0 bridgehead atoms. The molecule has 0 unspecified atom stereocenters. The van der Waals surface area contributed by atoms with Crippen LogP contribution in [0.1, 0.15) is 65.6 Å². The van der Waals surface area contributed by atoms with Gasteiger partial charge in [-0.25, -0.2) is 0 Å². The first kappa shape index (κ1) is 60.7. The van der Waals surface area contributed by atoms with E-state index in [0.717, 1.165) is 36.0 Å². The Bertz CT molecular complexity index is 2900. The van der Waals surface area contributed by atoms with Crippen molar-refractivity contribution in [2.45, 2.75) is 45.1 Å². The van der Waals surface area contributed by atoms with Crippen LogP contribution >= 0.6 is 6.72 Å². The average Bonchev–Trinajstić information content (AvgIpc) is 3.54. The minimum atomic E-state index is -3.63. The van der Waals surface area contributed by atoms with Gasteiger partial charge in [0, 0.05) is 60.8 Å². The third kappa shape index (κ3) is 19.5. The van der Waals surface area contributed by atoms with Gasteiger partial charge in [-0.05, 0) is 60.5 Å². The monoisotopic (exact) mass is 1120 g/mol. The summed E-state index contributed by atoms with van der Waals surface area (Å²) in [6.45, 7) is 5.37. The second kappa shape index (κ2) is 32.4. The largest absolute Gasteiger partial charge is 0.504 e. The van der Waals surface area contributed by atoms with Crippen molar-refractivity contribution in [3.05, 3.63) is 136 Å². The Labute approximate surface area is 458 Å². The first-order valence-corrected chi connectivity index (χ1v) is 28.5. The summed E-state index contributed by atoms with van der Waals surface area (Å²) >= 11 is 4.45. The first-order chi connectivity index (χ1) is 37.8. The van der Waals surface area contributed by atoms with Crippen molar-refractivity contribution < 1.29 is 66.6 Å². The highest BCUT2D eigenvalue weighted by atomic mass is 32.5. The summed E-state index contributed by atoms with van der Waals surface area (Å²) in [5, 5.41) is 19.7. The van der Waals surface area contributed by atoms with Gasteiger partial charge in [-0.2, -0.15) is 0 Å². The van der Waals surface area contributed by atoms with Crippen molar-refractivity contribution in [2.24, 2.45) is 5.73 Å². The molecule has 8 N–H and O–H groups in total. The van der Waals surface area contributed by atoms with Crippen LogP contribution < -0.4 is 36.7 Å². The number of hydrogen-bond donors (Lipinski definition) is 7. The van der Waals surface area contributed by atoms with Gasteiger partial charge in [0.25, 0.3) is 5.91 Å². The Hall–Kier alpha value is -6.49. The fourth-order valence-electron chi connectivity index (χ4n) is 8.19.